The van der Waals surface area contributed by atoms with E-state index in [1.54, 1.807) is 19.1 Å². The molecule has 7 nitrogen and oxygen atoms in total. The Morgan fingerprint density at radius 2 is 2.05 bits per heavy atom. The standard InChI is InChI=1S/C12H12N4O3S/c1-8-2-3-9(6-11(8)20(13,18)19)16-12(17)10-7-14-4-5-15-10/h2-7H,1H3,(H,16,17)(H2,13,18,19). The number of hydrogen-bond acceptors (Lipinski definition) is 5. The van der Waals surface area contributed by atoms with Crippen molar-refractivity contribution >= 4 is 21.6 Å². The summed E-state index contributed by atoms with van der Waals surface area (Å²) in [4.78, 5) is 19.5. The molecular formula is C12H12N4O3S. The summed E-state index contributed by atoms with van der Waals surface area (Å²) < 4.78 is 22.8. The molecule has 0 spiro atoms. The molecule has 0 unspecified atom stereocenters. The molecule has 1 amide bonds. The van der Waals surface area contributed by atoms with E-state index in [1.807, 2.05) is 0 Å². The van der Waals surface area contributed by atoms with Crippen molar-refractivity contribution in [1.29, 1.82) is 0 Å². The largest absolute Gasteiger partial charge is 0.321 e. The highest BCUT2D eigenvalue weighted by Crippen LogP contribution is 2.19. The van der Waals surface area contributed by atoms with Crippen molar-refractivity contribution in [3.05, 3.63) is 48.0 Å². The van der Waals surface area contributed by atoms with Gasteiger partial charge in [-0.3, -0.25) is 9.78 Å². The van der Waals surface area contributed by atoms with Crippen LogP contribution in [0.5, 0.6) is 0 Å². The Balaban J connectivity index is 2.30. The van der Waals surface area contributed by atoms with Gasteiger partial charge in [0.25, 0.3) is 5.91 Å². The van der Waals surface area contributed by atoms with E-state index < -0.39 is 15.9 Å². The summed E-state index contributed by atoms with van der Waals surface area (Å²) in [6.45, 7) is 1.62. The van der Waals surface area contributed by atoms with E-state index in [0.717, 1.165) is 0 Å². The SMILES string of the molecule is Cc1ccc(NC(=O)c2cnccn2)cc1S(N)(=O)=O. The number of carbonyl (C=O) groups excluding carboxylic acids is 1. The minimum atomic E-state index is -3.84. The van der Waals surface area contributed by atoms with E-state index in [0.29, 0.717) is 11.3 Å². The number of nitrogens with two attached hydrogens (primary N) is 1. The fourth-order valence-corrected chi connectivity index (χ4v) is 2.40. The van der Waals surface area contributed by atoms with Crippen LogP contribution in [0.4, 0.5) is 5.69 Å². The number of aromatic nitrogens is 2. The molecule has 0 fully saturated rings. The molecule has 1 aromatic heterocycles. The van der Waals surface area contributed by atoms with Crippen molar-refractivity contribution in [1.82, 2.24) is 9.97 Å². The molecular weight excluding hydrogens is 280 g/mol. The molecule has 2 rings (SSSR count). The molecule has 3 N–H and O–H groups in total. The lowest BCUT2D eigenvalue weighted by Gasteiger charge is -2.08. The van der Waals surface area contributed by atoms with Gasteiger partial charge < -0.3 is 5.32 Å². The van der Waals surface area contributed by atoms with Crippen molar-refractivity contribution in [3.8, 4) is 0 Å². The first-order valence-electron chi connectivity index (χ1n) is 5.59. The molecule has 0 atom stereocenters. The van der Waals surface area contributed by atoms with Crippen LogP contribution in [-0.2, 0) is 10.0 Å². The van der Waals surface area contributed by atoms with Gasteiger partial charge in [-0.2, -0.15) is 0 Å². The van der Waals surface area contributed by atoms with Crippen LogP contribution in [0, 0.1) is 6.92 Å². The maximum Gasteiger partial charge on any atom is 0.275 e. The van der Waals surface area contributed by atoms with E-state index in [2.05, 4.69) is 15.3 Å². The number of aryl methyl sites for hydroxylation is 1. The molecule has 0 bridgehead atoms. The molecule has 1 aromatic carbocycles. The maximum atomic E-state index is 11.9. The van der Waals surface area contributed by atoms with Gasteiger partial charge in [0.05, 0.1) is 11.1 Å². The van der Waals surface area contributed by atoms with E-state index in [9.17, 15) is 13.2 Å². The summed E-state index contributed by atoms with van der Waals surface area (Å²) in [5, 5.41) is 7.64. The smallest absolute Gasteiger partial charge is 0.275 e. The van der Waals surface area contributed by atoms with E-state index in [4.69, 9.17) is 5.14 Å². The number of nitrogens with one attached hydrogen (secondary N) is 1. The van der Waals surface area contributed by atoms with Crippen molar-refractivity contribution in [2.45, 2.75) is 11.8 Å². The average Bonchev–Trinajstić information content (AvgIpc) is 2.40. The molecule has 0 saturated carbocycles. The Labute approximate surface area is 115 Å². The Morgan fingerprint density at radius 1 is 1.30 bits per heavy atom. The number of nitrogens with zero attached hydrogens (tertiary/aromatic N) is 2. The van der Waals surface area contributed by atoms with Gasteiger partial charge in [-0.15, -0.1) is 0 Å². The van der Waals surface area contributed by atoms with Crippen molar-refractivity contribution in [2.24, 2.45) is 5.14 Å². The van der Waals surface area contributed by atoms with Crippen LogP contribution < -0.4 is 10.5 Å². The summed E-state index contributed by atoms with van der Waals surface area (Å²) >= 11 is 0. The lowest BCUT2D eigenvalue weighted by atomic mass is 10.2. The fraction of sp³-hybridized carbons (Fsp3) is 0.0833. The predicted octanol–water partition coefficient (Wildman–Crippen LogP) is 0.685. The van der Waals surface area contributed by atoms with Gasteiger partial charge in [-0.25, -0.2) is 18.5 Å². The molecule has 0 saturated heterocycles. The van der Waals surface area contributed by atoms with Gasteiger partial charge in [0, 0.05) is 18.1 Å². The number of rotatable bonds is 3. The van der Waals surface area contributed by atoms with Crippen LogP contribution in [0.1, 0.15) is 16.1 Å². The number of amides is 1. The molecule has 0 radical (unpaired) electrons. The second-order valence-corrected chi connectivity index (χ2v) is 5.60. The van der Waals surface area contributed by atoms with E-state index >= 15 is 0 Å². The third kappa shape index (κ3) is 3.16. The summed E-state index contributed by atoms with van der Waals surface area (Å²) in [6.07, 6.45) is 4.14. The van der Waals surface area contributed by atoms with Crippen LogP contribution in [0.25, 0.3) is 0 Å². The lowest BCUT2D eigenvalue weighted by molar-refractivity contribution is 0.102. The van der Waals surface area contributed by atoms with Gasteiger partial charge in [0.2, 0.25) is 10.0 Å². The zero-order valence-electron chi connectivity index (χ0n) is 10.6. The quantitative estimate of drug-likeness (QED) is 0.863. The van der Waals surface area contributed by atoms with Gasteiger partial charge in [0.1, 0.15) is 5.69 Å². The highest BCUT2D eigenvalue weighted by molar-refractivity contribution is 7.89. The highest BCUT2D eigenvalue weighted by Gasteiger charge is 2.14. The lowest BCUT2D eigenvalue weighted by Crippen LogP contribution is -2.16. The number of carbonyl (C=O) groups is 1. The molecule has 20 heavy (non-hydrogen) atoms. The zero-order chi connectivity index (χ0) is 14.8. The van der Waals surface area contributed by atoms with Crippen LogP contribution in [0.2, 0.25) is 0 Å². The highest BCUT2D eigenvalue weighted by atomic mass is 32.2. The first kappa shape index (κ1) is 14.1. The fourth-order valence-electron chi connectivity index (χ4n) is 1.60. The number of anilines is 1. The number of hydrogen-bond donors (Lipinski definition) is 2. The van der Waals surface area contributed by atoms with Crippen molar-refractivity contribution in [2.75, 3.05) is 5.32 Å². The molecule has 1 heterocycles. The Hall–Kier alpha value is -2.32. The first-order valence-corrected chi connectivity index (χ1v) is 7.13. The monoisotopic (exact) mass is 292 g/mol. The average molecular weight is 292 g/mol. The summed E-state index contributed by atoms with van der Waals surface area (Å²) in [7, 11) is -3.84. The van der Waals surface area contributed by atoms with Crippen molar-refractivity contribution < 1.29 is 13.2 Å². The van der Waals surface area contributed by atoms with Gasteiger partial charge >= 0.3 is 0 Å². The van der Waals surface area contributed by atoms with Crippen LogP contribution in [0.3, 0.4) is 0 Å². The van der Waals surface area contributed by atoms with E-state index in [1.165, 1.54) is 24.7 Å². The van der Waals surface area contributed by atoms with Gasteiger partial charge in [-0.05, 0) is 24.6 Å². The predicted molar refractivity (Wildman–Crippen MR) is 72.5 cm³/mol. The molecule has 0 aliphatic rings. The zero-order valence-corrected chi connectivity index (χ0v) is 11.4. The minimum Gasteiger partial charge on any atom is -0.321 e. The summed E-state index contributed by atoms with van der Waals surface area (Å²) in [5.41, 5.74) is 0.950. The van der Waals surface area contributed by atoms with Gasteiger partial charge in [-0.1, -0.05) is 6.07 Å². The summed E-state index contributed by atoms with van der Waals surface area (Å²) in [5.74, 6) is -0.484. The molecule has 0 aliphatic heterocycles. The number of benzene rings is 1. The third-order valence-corrected chi connectivity index (χ3v) is 3.60. The molecule has 0 aliphatic carbocycles. The topological polar surface area (TPSA) is 115 Å². The normalized spacial score (nSPS) is 11.1. The second kappa shape index (κ2) is 5.35. The first-order chi connectivity index (χ1) is 9.38. The van der Waals surface area contributed by atoms with Crippen molar-refractivity contribution in [3.63, 3.8) is 0 Å². The molecule has 2 aromatic rings. The molecule has 8 heteroatoms. The van der Waals surface area contributed by atoms with Crippen LogP contribution in [0.15, 0.2) is 41.7 Å². The maximum absolute atomic E-state index is 11.9. The molecule has 104 valence electrons. The van der Waals surface area contributed by atoms with E-state index in [-0.39, 0.29) is 10.6 Å². The summed E-state index contributed by atoms with van der Waals surface area (Å²) in [6, 6.07) is 4.45. The number of sulfonamides is 1. The van der Waals surface area contributed by atoms with Gasteiger partial charge in [0.15, 0.2) is 0 Å². The Morgan fingerprint density at radius 3 is 2.65 bits per heavy atom. The number of primary sulfonamides is 1. The Kier molecular flexibility index (Phi) is 3.77. The van der Waals surface area contributed by atoms with Crippen LogP contribution in [-0.4, -0.2) is 24.3 Å². The third-order valence-electron chi connectivity index (χ3n) is 2.55. The second-order valence-electron chi connectivity index (χ2n) is 4.07. The Bertz CT molecular complexity index is 745. The minimum absolute atomic E-state index is 0.0329. The van der Waals surface area contributed by atoms with Crippen LogP contribution >= 0.6 is 0 Å².